The Kier molecular flexibility index (Phi) is 2.70. The van der Waals surface area contributed by atoms with Crippen molar-refractivity contribution in [2.75, 3.05) is 14.2 Å². The fraction of sp³-hybridized carbons (Fsp3) is 0.364. The van der Waals surface area contributed by atoms with Crippen molar-refractivity contribution in [3.63, 3.8) is 0 Å². The van der Waals surface area contributed by atoms with Crippen molar-refractivity contribution in [3.8, 4) is 0 Å². The lowest BCUT2D eigenvalue weighted by Crippen LogP contribution is -2.05. The summed E-state index contributed by atoms with van der Waals surface area (Å²) in [5, 5.41) is 0. The Morgan fingerprint density at radius 2 is 2.00 bits per heavy atom. The summed E-state index contributed by atoms with van der Waals surface area (Å²) in [6.07, 6.45) is -0.433. The van der Waals surface area contributed by atoms with Gasteiger partial charge in [0.1, 0.15) is 0 Å². The van der Waals surface area contributed by atoms with Crippen LogP contribution >= 0.6 is 0 Å². The fourth-order valence-electron chi connectivity index (χ4n) is 1.57. The first kappa shape index (κ1) is 10.1. The first-order valence-corrected chi connectivity index (χ1v) is 4.76. The van der Waals surface area contributed by atoms with Gasteiger partial charge in [-0.15, -0.1) is 0 Å². The highest BCUT2D eigenvalue weighted by molar-refractivity contribution is 5.75. The minimum absolute atomic E-state index is 0.433. The molecule has 0 aliphatic rings. The molecule has 0 bridgehead atoms. The molecule has 1 N–H and O–H groups in total. The van der Waals surface area contributed by atoms with Crippen LogP contribution < -0.4 is 0 Å². The number of aromatic nitrogens is 2. The summed E-state index contributed by atoms with van der Waals surface area (Å²) in [7, 11) is 3.18. The molecule has 2 aromatic rings. The lowest BCUT2D eigenvalue weighted by molar-refractivity contribution is -0.110. The van der Waals surface area contributed by atoms with Crippen LogP contribution in [0.3, 0.4) is 0 Å². The number of nitrogens with one attached hydrogen (secondary N) is 1. The number of ether oxygens (including phenoxy) is 2. The smallest absolute Gasteiger partial charge is 0.216 e. The van der Waals surface area contributed by atoms with E-state index >= 15 is 0 Å². The molecule has 1 heterocycles. The molecule has 0 unspecified atom stereocenters. The zero-order valence-electron chi connectivity index (χ0n) is 9.07. The third-order valence-electron chi connectivity index (χ3n) is 2.31. The molecule has 15 heavy (non-hydrogen) atoms. The highest BCUT2D eigenvalue weighted by atomic mass is 16.7. The van der Waals surface area contributed by atoms with E-state index < -0.39 is 6.29 Å². The van der Waals surface area contributed by atoms with Crippen molar-refractivity contribution >= 4 is 11.0 Å². The normalized spacial score (nSPS) is 11.5. The van der Waals surface area contributed by atoms with Gasteiger partial charge in [0.05, 0.1) is 11.0 Å². The second kappa shape index (κ2) is 4.00. The lowest BCUT2D eigenvalue weighted by atomic mass is 10.2. The Balaban J connectivity index is 2.46. The van der Waals surface area contributed by atoms with E-state index in [2.05, 4.69) is 9.97 Å². The molecule has 0 aliphatic heterocycles. The molecule has 0 atom stereocenters. The Labute approximate surface area is 88.2 Å². The van der Waals surface area contributed by atoms with Crippen molar-refractivity contribution < 1.29 is 9.47 Å². The number of rotatable bonds is 3. The number of fused-ring (bicyclic) bond motifs is 1. The van der Waals surface area contributed by atoms with Crippen molar-refractivity contribution in [1.82, 2.24) is 9.97 Å². The molecule has 0 radical (unpaired) electrons. The van der Waals surface area contributed by atoms with Gasteiger partial charge in [-0.25, -0.2) is 4.98 Å². The maximum absolute atomic E-state index is 5.13. The second-order valence-corrected chi connectivity index (χ2v) is 3.45. The number of nitrogens with zero attached hydrogens (tertiary/aromatic N) is 1. The first-order valence-electron chi connectivity index (χ1n) is 4.76. The minimum atomic E-state index is -0.433. The number of aromatic amines is 1. The van der Waals surface area contributed by atoms with Gasteiger partial charge in [-0.05, 0) is 24.6 Å². The maximum Gasteiger partial charge on any atom is 0.216 e. The molecule has 0 amide bonds. The van der Waals surface area contributed by atoms with Crippen LogP contribution in [0.25, 0.3) is 11.0 Å². The minimum Gasteiger partial charge on any atom is -0.349 e. The molecule has 0 saturated carbocycles. The number of aryl methyl sites for hydroxylation is 1. The average Bonchev–Trinajstić information content (AvgIpc) is 2.62. The zero-order chi connectivity index (χ0) is 10.8. The fourth-order valence-corrected chi connectivity index (χ4v) is 1.57. The molecule has 4 heteroatoms. The predicted octanol–water partition coefficient (Wildman–Crippen LogP) is 2.16. The average molecular weight is 206 g/mol. The standard InChI is InChI=1S/C11H14N2O2/c1-7-4-5-8-9(6-7)13-10(12-8)11(14-2)15-3/h4-6,11H,1-3H3,(H,12,13). The highest BCUT2D eigenvalue weighted by Gasteiger charge is 2.13. The lowest BCUT2D eigenvalue weighted by Gasteiger charge is -2.08. The van der Waals surface area contributed by atoms with Crippen LogP contribution in [0.4, 0.5) is 0 Å². The van der Waals surface area contributed by atoms with Gasteiger partial charge in [-0.3, -0.25) is 0 Å². The molecule has 2 rings (SSSR count). The molecule has 1 aromatic carbocycles. The number of methoxy groups -OCH3 is 2. The molecule has 4 nitrogen and oxygen atoms in total. The predicted molar refractivity (Wildman–Crippen MR) is 57.6 cm³/mol. The Morgan fingerprint density at radius 3 is 2.67 bits per heavy atom. The molecule has 0 fully saturated rings. The van der Waals surface area contributed by atoms with E-state index in [-0.39, 0.29) is 0 Å². The Morgan fingerprint density at radius 1 is 1.27 bits per heavy atom. The van der Waals surface area contributed by atoms with E-state index in [9.17, 15) is 0 Å². The van der Waals surface area contributed by atoms with Gasteiger partial charge in [-0.2, -0.15) is 0 Å². The van der Waals surface area contributed by atoms with Gasteiger partial charge < -0.3 is 14.5 Å². The molecule has 80 valence electrons. The van der Waals surface area contributed by atoms with Gasteiger partial charge in [0.15, 0.2) is 5.82 Å². The van der Waals surface area contributed by atoms with Gasteiger partial charge in [0.25, 0.3) is 0 Å². The van der Waals surface area contributed by atoms with Crippen molar-refractivity contribution in [2.24, 2.45) is 0 Å². The van der Waals surface area contributed by atoms with Gasteiger partial charge in [-0.1, -0.05) is 6.07 Å². The number of H-pyrrole nitrogens is 1. The van der Waals surface area contributed by atoms with E-state index in [1.165, 1.54) is 5.56 Å². The van der Waals surface area contributed by atoms with E-state index in [1.54, 1.807) is 14.2 Å². The van der Waals surface area contributed by atoms with E-state index in [4.69, 9.17) is 9.47 Å². The number of hydrogen-bond donors (Lipinski definition) is 1. The van der Waals surface area contributed by atoms with Crippen LogP contribution in [0, 0.1) is 6.92 Å². The largest absolute Gasteiger partial charge is 0.349 e. The number of benzene rings is 1. The van der Waals surface area contributed by atoms with Crippen LogP contribution in [-0.2, 0) is 9.47 Å². The Hall–Kier alpha value is -1.39. The quantitative estimate of drug-likeness (QED) is 0.783. The molecule has 0 spiro atoms. The molecular formula is C11H14N2O2. The number of hydrogen-bond acceptors (Lipinski definition) is 3. The van der Waals surface area contributed by atoms with Gasteiger partial charge >= 0.3 is 0 Å². The van der Waals surface area contributed by atoms with E-state index in [1.807, 2.05) is 25.1 Å². The summed E-state index contributed by atoms with van der Waals surface area (Å²) >= 11 is 0. The summed E-state index contributed by atoms with van der Waals surface area (Å²) in [6, 6.07) is 6.06. The van der Waals surface area contributed by atoms with Crippen molar-refractivity contribution in [2.45, 2.75) is 13.2 Å². The van der Waals surface area contributed by atoms with Crippen molar-refractivity contribution in [1.29, 1.82) is 0 Å². The molecular weight excluding hydrogens is 192 g/mol. The zero-order valence-corrected chi connectivity index (χ0v) is 9.07. The van der Waals surface area contributed by atoms with Crippen LogP contribution in [-0.4, -0.2) is 24.2 Å². The van der Waals surface area contributed by atoms with E-state index in [0.717, 1.165) is 11.0 Å². The summed E-state index contributed by atoms with van der Waals surface area (Å²) in [4.78, 5) is 7.57. The van der Waals surface area contributed by atoms with Crippen LogP contribution in [0.2, 0.25) is 0 Å². The van der Waals surface area contributed by atoms with Gasteiger partial charge in [0.2, 0.25) is 6.29 Å². The van der Waals surface area contributed by atoms with Crippen molar-refractivity contribution in [3.05, 3.63) is 29.6 Å². The summed E-state index contributed by atoms with van der Waals surface area (Å²) < 4.78 is 10.3. The number of imidazole rings is 1. The SMILES string of the molecule is COC(OC)c1nc2ccc(C)cc2[nH]1. The second-order valence-electron chi connectivity index (χ2n) is 3.45. The summed E-state index contributed by atoms with van der Waals surface area (Å²) in [5.41, 5.74) is 3.13. The molecule has 1 aromatic heterocycles. The summed E-state index contributed by atoms with van der Waals surface area (Å²) in [6.45, 7) is 2.05. The summed E-state index contributed by atoms with van der Waals surface area (Å²) in [5.74, 6) is 0.695. The topological polar surface area (TPSA) is 47.1 Å². The Bertz CT molecular complexity index is 461. The monoisotopic (exact) mass is 206 g/mol. The van der Waals surface area contributed by atoms with Crippen LogP contribution in [0.5, 0.6) is 0 Å². The molecule has 0 saturated heterocycles. The first-order chi connectivity index (χ1) is 7.24. The third-order valence-corrected chi connectivity index (χ3v) is 2.31. The van der Waals surface area contributed by atoms with Crippen LogP contribution in [0.15, 0.2) is 18.2 Å². The third kappa shape index (κ3) is 1.86. The van der Waals surface area contributed by atoms with Gasteiger partial charge in [0, 0.05) is 14.2 Å². The maximum atomic E-state index is 5.13. The molecule has 0 aliphatic carbocycles. The highest BCUT2D eigenvalue weighted by Crippen LogP contribution is 2.19. The van der Waals surface area contributed by atoms with E-state index in [0.29, 0.717) is 5.82 Å². The van der Waals surface area contributed by atoms with Crippen LogP contribution in [0.1, 0.15) is 17.7 Å².